The number of hydrogen-bond donors (Lipinski definition) is 1. The molecule has 0 aliphatic carbocycles. The van der Waals surface area contributed by atoms with Crippen LogP contribution in [0.3, 0.4) is 0 Å². The Morgan fingerprint density at radius 1 is 1.14 bits per heavy atom. The van der Waals surface area contributed by atoms with Crippen LogP contribution < -0.4 is 4.74 Å². The molecule has 0 unspecified atom stereocenters. The van der Waals surface area contributed by atoms with Gasteiger partial charge in [-0.3, -0.25) is 9.59 Å². The highest BCUT2D eigenvalue weighted by Crippen LogP contribution is 2.41. The van der Waals surface area contributed by atoms with Crippen LogP contribution in [-0.4, -0.2) is 43.9 Å². The molecule has 5 rings (SSSR count). The molecule has 186 valence electrons. The minimum atomic E-state index is -0.655. The minimum Gasteiger partial charge on any atom is -0.507 e. The van der Waals surface area contributed by atoms with E-state index in [9.17, 15) is 14.7 Å². The lowest BCUT2D eigenvalue weighted by Crippen LogP contribution is -2.31. The molecule has 0 radical (unpaired) electrons. The lowest BCUT2D eigenvalue weighted by atomic mass is 9.92. The molecule has 7 heteroatoms. The summed E-state index contributed by atoms with van der Waals surface area (Å²) in [7, 11) is 0. The molecule has 2 aliphatic rings. The van der Waals surface area contributed by atoms with Crippen molar-refractivity contribution in [3.8, 4) is 5.75 Å². The second-order valence-corrected chi connectivity index (χ2v) is 9.92. The summed E-state index contributed by atoms with van der Waals surface area (Å²) >= 11 is 0. The number of fused-ring (bicyclic) bond motifs is 1. The number of carbonyl (C=O) groups excluding carboxylic acids is 2. The first-order valence-corrected chi connectivity index (χ1v) is 12.5. The normalized spacial score (nSPS) is 20.7. The van der Waals surface area contributed by atoms with Gasteiger partial charge in [0.05, 0.1) is 17.9 Å². The Morgan fingerprint density at radius 3 is 2.61 bits per heavy atom. The SMILES string of the molecule is CC(C)c1ccc([C@H]2/C(=C(\O)c3ccc4c(c3)C[C@H](C)O4)C(=O)C(=O)N2CCCn2ccnc2)cc1. The summed E-state index contributed by atoms with van der Waals surface area (Å²) in [5.74, 6) is -0.237. The van der Waals surface area contributed by atoms with Gasteiger partial charge < -0.3 is 19.3 Å². The number of rotatable bonds is 7. The van der Waals surface area contributed by atoms with Crippen LogP contribution in [0.2, 0.25) is 0 Å². The van der Waals surface area contributed by atoms with Gasteiger partial charge in [-0.1, -0.05) is 38.1 Å². The molecule has 0 bridgehead atoms. The topological polar surface area (TPSA) is 84.7 Å². The van der Waals surface area contributed by atoms with E-state index in [2.05, 4.69) is 18.8 Å². The Morgan fingerprint density at radius 2 is 1.92 bits per heavy atom. The fourth-order valence-corrected chi connectivity index (χ4v) is 5.09. The largest absolute Gasteiger partial charge is 0.507 e. The average molecular weight is 486 g/mol. The zero-order valence-electron chi connectivity index (χ0n) is 20.8. The van der Waals surface area contributed by atoms with E-state index in [1.807, 2.05) is 54.1 Å². The van der Waals surface area contributed by atoms with Gasteiger partial charge in [-0.15, -0.1) is 0 Å². The van der Waals surface area contributed by atoms with Crippen molar-refractivity contribution < 1.29 is 19.4 Å². The summed E-state index contributed by atoms with van der Waals surface area (Å²) in [5, 5.41) is 11.4. The van der Waals surface area contributed by atoms with Gasteiger partial charge in [0.2, 0.25) is 0 Å². The third-order valence-electron chi connectivity index (χ3n) is 7.00. The highest BCUT2D eigenvalue weighted by atomic mass is 16.5. The van der Waals surface area contributed by atoms with Gasteiger partial charge in [-0.2, -0.15) is 0 Å². The summed E-state index contributed by atoms with van der Waals surface area (Å²) in [4.78, 5) is 32.2. The molecule has 1 aromatic heterocycles. The van der Waals surface area contributed by atoms with Crippen LogP contribution in [-0.2, 0) is 22.6 Å². The number of aromatic nitrogens is 2. The number of aryl methyl sites for hydroxylation is 1. The van der Waals surface area contributed by atoms with Crippen LogP contribution in [0.5, 0.6) is 5.75 Å². The van der Waals surface area contributed by atoms with Gasteiger partial charge in [0.25, 0.3) is 11.7 Å². The van der Waals surface area contributed by atoms with Crippen LogP contribution in [0.4, 0.5) is 0 Å². The van der Waals surface area contributed by atoms with Crippen molar-refractivity contribution in [3.63, 3.8) is 0 Å². The van der Waals surface area contributed by atoms with Crippen molar-refractivity contribution >= 4 is 17.4 Å². The number of benzene rings is 2. The van der Waals surface area contributed by atoms with E-state index in [0.29, 0.717) is 31.0 Å². The Balaban J connectivity index is 1.53. The maximum atomic E-state index is 13.3. The number of Topliss-reactive ketones (excluding diaryl/α,β-unsaturated/α-hetero) is 1. The molecule has 2 aliphatic heterocycles. The van der Waals surface area contributed by atoms with Crippen molar-refractivity contribution in [1.82, 2.24) is 14.5 Å². The molecule has 3 heterocycles. The number of ether oxygens (including phenoxy) is 1. The van der Waals surface area contributed by atoms with Gasteiger partial charge in [0, 0.05) is 37.5 Å². The van der Waals surface area contributed by atoms with Gasteiger partial charge in [-0.05, 0) is 54.2 Å². The number of amides is 1. The maximum Gasteiger partial charge on any atom is 0.295 e. The second kappa shape index (κ2) is 9.64. The molecule has 1 saturated heterocycles. The van der Waals surface area contributed by atoms with Crippen LogP contribution in [0.25, 0.3) is 5.76 Å². The monoisotopic (exact) mass is 485 g/mol. The number of hydrogen-bond acceptors (Lipinski definition) is 5. The Labute approximate surface area is 211 Å². The van der Waals surface area contributed by atoms with Crippen LogP contribution in [0, 0.1) is 0 Å². The first kappa shape index (κ1) is 23.9. The van der Waals surface area contributed by atoms with E-state index in [4.69, 9.17) is 4.74 Å². The predicted molar refractivity (Wildman–Crippen MR) is 137 cm³/mol. The fraction of sp³-hybridized carbons (Fsp3) is 0.345. The highest BCUT2D eigenvalue weighted by Gasteiger charge is 2.45. The molecule has 3 aromatic rings. The quantitative estimate of drug-likeness (QED) is 0.294. The first-order valence-electron chi connectivity index (χ1n) is 12.5. The molecule has 1 fully saturated rings. The summed E-state index contributed by atoms with van der Waals surface area (Å²) in [6.07, 6.45) is 6.77. The fourth-order valence-electron chi connectivity index (χ4n) is 5.09. The zero-order valence-corrected chi connectivity index (χ0v) is 20.8. The molecule has 1 amide bonds. The van der Waals surface area contributed by atoms with E-state index in [-0.39, 0.29) is 17.4 Å². The standard InChI is InChI=1S/C29H31N3O4/c1-18(2)20-5-7-21(8-6-20)26-25(27(33)22-9-10-24-23(16-22)15-19(3)36-24)28(34)29(35)32(26)13-4-12-31-14-11-30-17-31/h5-11,14,16-19,26,33H,4,12-13,15H2,1-3H3/b27-25+/t19-,26-/m0/s1. The zero-order chi connectivity index (χ0) is 25.4. The van der Waals surface area contributed by atoms with Crippen molar-refractivity contribution in [1.29, 1.82) is 0 Å². The number of aliphatic hydroxyl groups is 1. The van der Waals surface area contributed by atoms with Crippen molar-refractivity contribution in [2.75, 3.05) is 6.54 Å². The predicted octanol–water partition coefficient (Wildman–Crippen LogP) is 4.84. The number of carbonyl (C=O) groups is 2. The van der Waals surface area contributed by atoms with Crippen LogP contribution in [0.1, 0.15) is 61.4 Å². The van der Waals surface area contributed by atoms with Gasteiger partial charge >= 0.3 is 0 Å². The van der Waals surface area contributed by atoms with E-state index < -0.39 is 17.7 Å². The first-order chi connectivity index (χ1) is 17.3. The molecule has 7 nitrogen and oxygen atoms in total. The molecule has 2 aromatic carbocycles. The molecule has 0 saturated carbocycles. The van der Waals surface area contributed by atoms with E-state index >= 15 is 0 Å². The van der Waals surface area contributed by atoms with Crippen molar-refractivity contribution in [2.45, 2.75) is 58.2 Å². The summed E-state index contributed by atoms with van der Waals surface area (Å²) < 4.78 is 7.73. The van der Waals surface area contributed by atoms with E-state index in [1.54, 1.807) is 23.5 Å². The minimum absolute atomic E-state index is 0.0675. The molecular weight excluding hydrogens is 454 g/mol. The van der Waals surface area contributed by atoms with Gasteiger partial charge in [-0.25, -0.2) is 4.98 Å². The number of imidazole rings is 1. The van der Waals surface area contributed by atoms with Crippen molar-refractivity contribution in [3.05, 3.63) is 89.0 Å². The average Bonchev–Trinajstić information content (AvgIpc) is 3.57. The maximum absolute atomic E-state index is 13.3. The Hall–Kier alpha value is -3.87. The molecule has 1 N–H and O–H groups in total. The third-order valence-corrected chi connectivity index (χ3v) is 7.00. The Bertz CT molecular complexity index is 1310. The molecular formula is C29H31N3O4. The molecule has 2 atom stereocenters. The molecule has 36 heavy (non-hydrogen) atoms. The summed E-state index contributed by atoms with van der Waals surface area (Å²) in [5.41, 5.74) is 3.61. The number of ketones is 1. The lowest BCUT2D eigenvalue weighted by molar-refractivity contribution is -0.139. The Kier molecular flexibility index (Phi) is 6.39. The van der Waals surface area contributed by atoms with Crippen molar-refractivity contribution in [2.24, 2.45) is 0 Å². The number of likely N-dealkylation sites (tertiary alicyclic amines) is 1. The van der Waals surface area contributed by atoms with Crippen LogP contribution in [0.15, 0.2) is 66.8 Å². The van der Waals surface area contributed by atoms with Gasteiger partial charge in [0.1, 0.15) is 17.6 Å². The van der Waals surface area contributed by atoms with E-state index in [1.165, 1.54) is 5.56 Å². The third kappa shape index (κ3) is 4.41. The summed E-state index contributed by atoms with van der Waals surface area (Å²) in [6.45, 7) is 7.29. The van der Waals surface area contributed by atoms with Crippen LogP contribution >= 0.6 is 0 Å². The highest BCUT2D eigenvalue weighted by molar-refractivity contribution is 6.46. The van der Waals surface area contributed by atoms with E-state index in [0.717, 1.165) is 23.3 Å². The second-order valence-electron chi connectivity index (χ2n) is 9.92. The number of aliphatic hydroxyl groups excluding tert-OH is 1. The smallest absolute Gasteiger partial charge is 0.295 e. The summed E-state index contributed by atoms with van der Waals surface area (Å²) in [6, 6.07) is 12.7. The number of nitrogens with zero attached hydrogens (tertiary/aromatic N) is 3. The molecule has 0 spiro atoms. The lowest BCUT2D eigenvalue weighted by Gasteiger charge is -2.26. The van der Waals surface area contributed by atoms with Gasteiger partial charge in [0.15, 0.2) is 0 Å².